The molecule has 0 atom stereocenters. The number of nitrogens with zero attached hydrogens (tertiary/aromatic N) is 4. The van der Waals surface area contributed by atoms with Crippen LogP contribution in [0.25, 0.3) is 5.57 Å². The number of ether oxygens (including phenoxy) is 1. The summed E-state index contributed by atoms with van der Waals surface area (Å²) >= 11 is 0. The Kier molecular flexibility index (Phi) is 7.21. The van der Waals surface area contributed by atoms with E-state index in [2.05, 4.69) is 26.3 Å². The van der Waals surface area contributed by atoms with E-state index in [9.17, 15) is 4.79 Å². The Hall–Kier alpha value is -3.02. The molecule has 0 aromatic carbocycles. The van der Waals surface area contributed by atoms with E-state index in [0.717, 1.165) is 55.9 Å². The summed E-state index contributed by atoms with van der Waals surface area (Å²) in [5, 5.41) is 11.9. The lowest BCUT2D eigenvalue weighted by Crippen LogP contribution is -2.30. The standard InChI is InChI=1S/C25H32N6O2/c1-25(2,33-15-14-31-12-6-7-13-31)21-11-10-20(22(30-21)18-8-4-3-5-9-18)29-24(32)23-27-17-19(16-26)28-23/h8,10-11,17H,3-7,9,12-15H2,1-2H3,(H,27,28)(H,29,32). The number of aromatic amines is 1. The molecule has 0 bridgehead atoms. The maximum atomic E-state index is 12.7. The lowest BCUT2D eigenvalue weighted by molar-refractivity contribution is -0.0317. The molecule has 0 saturated carbocycles. The fourth-order valence-electron chi connectivity index (χ4n) is 4.38. The van der Waals surface area contributed by atoms with Crippen LogP contribution >= 0.6 is 0 Å². The van der Waals surface area contributed by atoms with Crippen molar-refractivity contribution >= 4 is 17.2 Å². The quantitative estimate of drug-likeness (QED) is 0.626. The fraction of sp³-hybridized carbons (Fsp3) is 0.520. The first kappa shape index (κ1) is 23.1. The molecule has 2 aliphatic rings. The molecule has 1 aliphatic heterocycles. The van der Waals surface area contributed by atoms with Crippen LogP contribution in [0.2, 0.25) is 0 Å². The number of anilines is 1. The van der Waals surface area contributed by atoms with E-state index in [1.165, 1.54) is 25.5 Å². The number of carbonyl (C=O) groups excluding carboxylic acids is 1. The topological polar surface area (TPSA) is 107 Å². The van der Waals surface area contributed by atoms with Crippen molar-refractivity contribution in [3.63, 3.8) is 0 Å². The van der Waals surface area contributed by atoms with E-state index in [1.54, 1.807) is 0 Å². The molecule has 8 heteroatoms. The van der Waals surface area contributed by atoms with Gasteiger partial charge in [-0.2, -0.15) is 5.26 Å². The third-order valence-electron chi connectivity index (χ3n) is 6.33. The van der Waals surface area contributed by atoms with Crippen molar-refractivity contribution in [2.45, 2.75) is 58.0 Å². The summed E-state index contributed by atoms with van der Waals surface area (Å²) in [4.78, 5) is 26.9. The highest BCUT2D eigenvalue weighted by Crippen LogP contribution is 2.33. The zero-order valence-corrected chi connectivity index (χ0v) is 19.5. The van der Waals surface area contributed by atoms with Crippen molar-refractivity contribution in [2.24, 2.45) is 0 Å². The van der Waals surface area contributed by atoms with Crippen molar-refractivity contribution in [2.75, 3.05) is 31.6 Å². The third kappa shape index (κ3) is 5.67. The number of hydrogen-bond donors (Lipinski definition) is 2. The van der Waals surface area contributed by atoms with Crippen LogP contribution in [0.4, 0.5) is 5.69 Å². The Bertz CT molecular complexity index is 1060. The van der Waals surface area contributed by atoms with Gasteiger partial charge in [0.05, 0.1) is 23.7 Å². The summed E-state index contributed by atoms with van der Waals surface area (Å²) in [6.07, 6.45) is 10.4. The second-order valence-corrected chi connectivity index (χ2v) is 9.18. The summed E-state index contributed by atoms with van der Waals surface area (Å²) in [7, 11) is 0. The number of hydrogen-bond acceptors (Lipinski definition) is 6. The van der Waals surface area contributed by atoms with Gasteiger partial charge in [-0.25, -0.2) is 9.97 Å². The molecule has 1 saturated heterocycles. The Morgan fingerprint density at radius 2 is 2.06 bits per heavy atom. The van der Waals surface area contributed by atoms with Crippen molar-refractivity contribution < 1.29 is 9.53 Å². The molecule has 1 aliphatic carbocycles. The number of nitrogens with one attached hydrogen (secondary N) is 2. The minimum atomic E-state index is -0.547. The number of imidazole rings is 1. The first-order valence-corrected chi connectivity index (χ1v) is 11.8. The summed E-state index contributed by atoms with van der Waals surface area (Å²) in [6, 6.07) is 5.74. The predicted octanol–water partition coefficient (Wildman–Crippen LogP) is 4.23. The van der Waals surface area contributed by atoms with Crippen LogP contribution in [0.1, 0.15) is 80.1 Å². The SMILES string of the molecule is CC(C)(OCCN1CCCC1)c1ccc(NC(=O)c2nc(C#N)c[nH]2)c(C2=CCCCC2)n1. The lowest BCUT2D eigenvalue weighted by atomic mass is 9.94. The van der Waals surface area contributed by atoms with E-state index < -0.39 is 11.5 Å². The van der Waals surface area contributed by atoms with Gasteiger partial charge in [0.2, 0.25) is 0 Å². The largest absolute Gasteiger partial charge is 0.368 e. The number of aromatic nitrogens is 3. The molecule has 2 N–H and O–H groups in total. The second-order valence-electron chi connectivity index (χ2n) is 9.18. The summed E-state index contributed by atoms with van der Waals surface area (Å²) < 4.78 is 6.27. The number of amides is 1. The average molecular weight is 449 g/mol. The predicted molar refractivity (Wildman–Crippen MR) is 127 cm³/mol. The number of rotatable bonds is 8. The van der Waals surface area contributed by atoms with Crippen molar-refractivity contribution in [3.8, 4) is 6.07 Å². The number of allylic oxidation sites excluding steroid dienone is 2. The van der Waals surface area contributed by atoms with Gasteiger partial charge in [0.1, 0.15) is 11.7 Å². The highest BCUT2D eigenvalue weighted by molar-refractivity contribution is 6.03. The van der Waals surface area contributed by atoms with Gasteiger partial charge in [-0.05, 0) is 83.2 Å². The Morgan fingerprint density at radius 3 is 2.76 bits per heavy atom. The maximum Gasteiger partial charge on any atom is 0.291 e. The van der Waals surface area contributed by atoms with E-state index >= 15 is 0 Å². The minimum absolute atomic E-state index is 0.102. The monoisotopic (exact) mass is 448 g/mol. The van der Waals surface area contributed by atoms with E-state index in [1.807, 2.05) is 32.0 Å². The number of H-pyrrole nitrogens is 1. The van der Waals surface area contributed by atoms with Crippen LogP contribution in [0.15, 0.2) is 24.4 Å². The van der Waals surface area contributed by atoms with Gasteiger partial charge in [0, 0.05) is 12.7 Å². The zero-order chi connectivity index (χ0) is 23.3. The van der Waals surface area contributed by atoms with Crippen LogP contribution < -0.4 is 5.32 Å². The van der Waals surface area contributed by atoms with E-state index in [0.29, 0.717) is 12.3 Å². The molecule has 174 valence electrons. The molecule has 2 aromatic heterocycles. The van der Waals surface area contributed by atoms with Gasteiger partial charge in [0.15, 0.2) is 11.5 Å². The van der Waals surface area contributed by atoms with Crippen molar-refractivity contribution in [3.05, 3.63) is 47.3 Å². The van der Waals surface area contributed by atoms with Gasteiger partial charge < -0.3 is 19.9 Å². The van der Waals surface area contributed by atoms with Crippen LogP contribution in [0, 0.1) is 11.3 Å². The first-order chi connectivity index (χ1) is 16.0. The smallest absolute Gasteiger partial charge is 0.291 e. The van der Waals surface area contributed by atoms with Crippen LogP contribution in [-0.4, -0.2) is 52.0 Å². The highest BCUT2D eigenvalue weighted by Gasteiger charge is 2.26. The maximum absolute atomic E-state index is 12.7. The molecule has 4 rings (SSSR count). The van der Waals surface area contributed by atoms with Gasteiger partial charge in [-0.1, -0.05) is 6.08 Å². The highest BCUT2D eigenvalue weighted by atomic mass is 16.5. The molecule has 33 heavy (non-hydrogen) atoms. The minimum Gasteiger partial charge on any atom is -0.368 e. The van der Waals surface area contributed by atoms with Crippen molar-refractivity contribution in [1.29, 1.82) is 5.26 Å². The number of carbonyl (C=O) groups is 1. The van der Waals surface area contributed by atoms with Crippen molar-refractivity contribution in [1.82, 2.24) is 19.9 Å². The van der Waals surface area contributed by atoms with Crippen LogP contribution in [0.3, 0.4) is 0 Å². The molecule has 0 radical (unpaired) electrons. The summed E-state index contributed by atoms with van der Waals surface area (Å²) in [5.74, 6) is -0.297. The molecular formula is C25H32N6O2. The summed E-state index contributed by atoms with van der Waals surface area (Å²) in [5.41, 5.74) is 3.03. The van der Waals surface area contributed by atoms with Crippen LogP contribution in [0.5, 0.6) is 0 Å². The van der Waals surface area contributed by atoms with Gasteiger partial charge in [-0.15, -0.1) is 0 Å². The second kappa shape index (κ2) is 10.3. The molecule has 0 unspecified atom stereocenters. The molecule has 0 spiro atoms. The van der Waals surface area contributed by atoms with Gasteiger partial charge in [-0.3, -0.25) is 4.79 Å². The number of likely N-dealkylation sites (tertiary alicyclic amines) is 1. The Balaban J connectivity index is 1.54. The van der Waals surface area contributed by atoms with Gasteiger partial charge >= 0.3 is 0 Å². The summed E-state index contributed by atoms with van der Waals surface area (Å²) in [6.45, 7) is 7.99. The molecule has 3 heterocycles. The number of nitriles is 1. The average Bonchev–Trinajstić information content (AvgIpc) is 3.52. The normalized spacial score (nSPS) is 16.9. The van der Waals surface area contributed by atoms with E-state index in [4.69, 9.17) is 15.0 Å². The molecule has 2 aromatic rings. The Labute approximate surface area is 195 Å². The van der Waals surface area contributed by atoms with E-state index in [-0.39, 0.29) is 11.5 Å². The fourth-order valence-corrected chi connectivity index (χ4v) is 4.38. The van der Waals surface area contributed by atoms with Crippen LogP contribution in [-0.2, 0) is 10.3 Å². The number of pyridine rings is 1. The molecule has 1 fully saturated rings. The Morgan fingerprint density at radius 1 is 1.24 bits per heavy atom. The zero-order valence-electron chi connectivity index (χ0n) is 19.5. The molecule has 1 amide bonds. The third-order valence-corrected chi connectivity index (χ3v) is 6.33. The molecule has 8 nitrogen and oxygen atoms in total. The first-order valence-electron chi connectivity index (χ1n) is 11.8. The van der Waals surface area contributed by atoms with Gasteiger partial charge in [0.25, 0.3) is 5.91 Å². The molecular weight excluding hydrogens is 416 g/mol. The lowest BCUT2D eigenvalue weighted by Gasteiger charge is -2.28.